The zero-order valence-electron chi connectivity index (χ0n) is 11.7. The van der Waals surface area contributed by atoms with Crippen molar-refractivity contribution in [2.45, 2.75) is 6.54 Å². The number of halogens is 2. The third-order valence-electron chi connectivity index (χ3n) is 2.74. The van der Waals surface area contributed by atoms with Crippen molar-refractivity contribution in [3.63, 3.8) is 0 Å². The third kappa shape index (κ3) is 5.01. The van der Waals surface area contributed by atoms with Crippen LogP contribution in [0.25, 0.3) is 0 Å². The maximum atomic E-state index is 13.3. The van der Waals surface area contributed by atoms with Gasteiger partial charge >= 0.3 is 6.03 Å². The summed E-state index contributed by atoms with van der Waals surface area (Å²) in [5.41, 5.74) is 0.926. The molecule has 0 radical (unpaired) electrons. The normalized spacial score (nSPS) is 10.1. The Morgan fingerprint density at radius 3 is 2.64 bits per heavy atom. The van der Waals surface area contributed by atoms with E-state index in [1.54, 1.807) is 24.5 Å². The van der Waals surface area contributed by atoms with E-state index in [1.165, 1.54) is 6.07 Å². The minimum atomic E-state index is -0.776. The standard InChI is InChI=1S/C15H15F2N3O2/c16-12-1-2-14(13(17)9-12)22-8-7-19-15(21)20-10-11-3-5-18-6-4-11/h1-6,9H,7-8,10H2,(H2,19,20,21). The first-order valence-corrected chi connectivity index (χ1v) is 6.63. The second-order valence-electron chi connectivity index (χ2n) is 4.39. The molecule has 0 fully saturated rings. The summed E-state index contributed by atoms with van der Waals surface area (Å²) in [5, 5.41) is 5.23. The van der Waals surface area contributed by atoms with Crippen molar-refractivity contribution in [1.29, 1.82) is 0 Å². The van der Waals surface area contributed by atoms with E-state index in [4.69, 9.17) is 4.74 Å². The second kappa shape index (κ2) is 7.92. The SMILES string of the molecule is O=C(NCCOc1ccc(F)cc1F)NCc1ccncc1. The molecule has 0 unspecified atom stereocenters. The summed E-state index contributed by atoms with van der Waals surface area (Å²) in [4.78, 5) is 15.4. The quantitative estimate of drug-likeness (QED) is 0.805. The summed E-state index contributed by atoms with van der Waals surface area (Å²) in [6.45, 7) is 0.645. The summed E-state index contributed by atoms with van der Waals surface area (Å²) in [6.07, 6.45) is 3.28. The van der Waals surface area contributed by atoms with Crippen LogP contribution in [-0.2, 0) is 6.54 Å². The van der Waals surface area contributed by atoms with Crippen LogP contribution < -0.4 is 15.4 Å². The Labute approximate surface area is 126 Å². The van der Waals surface area contributed by atoms with Crippen molar-refractivity contribution < 1.29 is 18.3 Å². The fourth-order valence-electron chi connectivity index (χ4n) is 1.66. The monoisotopic (exact) mass is 307 g/mol. The topological polar surface area (TPSA) is 63.2 Å². The molecule has 0 aliphatic carbocycles. The van der Waals surface area contributed by atoms with Crippen LogP contribution in [0.1, 0.15) is 5.56 Å². The number of rotatable bonds is 6. The Hall–Kier alpha value is -2.70. The molecule has 0 bridgehead atoms. The lowest BCUT2D eigenvalue weighted by Gasteiger charge is -2.09. The fourth-order valence-corrected chi connectivity index (χ4v) is 1.66. The molecular formula is C15H15F2N3O2. The van der Waals surface area contributed by atoms with E-state index in [1.807, 2.05) is 0 Å². The number of aromatic nitrogens is 1. The number of hydrogen-bond donors (Lipinski definition) is 2. The lowest BCUT2D eigenvalue weighted by atomic mass is 10.3. The van der Waals surface area contributed by atoms with Crippen LogP contribution in [0.15, 0.2) is 42.7 Å². The Kier molecular flexibility index (Phi) is 5.65. The molecule has 0 aliphatic rings. The van der Waals surface area contributed by atoms with E-state index in [-0.39, 0.29) is 24.9 Å². The zero-order chi connectivity index (χ0) is 15.8. The lowest BCUT2D eigenvalue weighted by molar-refractivity contribution is 0.235. The van der Waals surface area contributed by atoms with Crippen LogP contribution >= 0.6 is 0 Å². The van der Waals surface area contributed by atoms with Gasteiger partial charge in [0.15, 0.2) is 11.6 Å². The highest BCUT2D eigenvalue weighted by Crippen LogP contribution is 2.17. The van der Waals surface area contributed by atoms with Gasteiger partial charge in [0, 0.05) is 25.0 Å². The molecule has 2 rings (SSSR count). The minimum Gasteiger partial charge on any atom is -0.489 e. The maximum Gasteiger partial charge on any atom is 0.315 e. The van der Waals surface area contributed by atoms with Gasteiger partial charge in [-0.3, -0.25) is 4.98 Å². The highest BCUT2D eigenvalue weighted by Gasteiger charge is 2.05. The number of nitrogens with one attached hydrogen (secondary N) is 2. The molecule has 7 heteroatoms. The number of amides is 2. The maximum absolute atomic E-state index is 13.3. The average molecular weight is 307 g/mol. The van der Waals surface area contributed by atoms with Gasteiger partial charge in [-0.1, -0.05) is 0 Å². The number of pyridine rings is 1. The molecule has 5 nitrogen and oxygen atoms in total. The van der Waals surface area contributed by atoms with Gasteiger partial charge in [-0.05, 0) is 29.8 Å². The van der Waals surface area contributed by atoms with E-state index < -0.39 is 11.6 Å². The lowest BCUT2D eigenvalue weighted by Crippen LogP contribution is -2.37. The molecule has 2 N–H and O–H groups in total. The van der Waals surface area contributed by atoms with Crippen LogP contribution in [0, 0.1) is 11.6 Å². The van der Waals surface area contributed by atoms with Crippen molar-refractivity contribution in [2.75, 3.05) is 13.2 Å². The Morgan fingerprint density at radius 2 is 1.91 bits per heavy atom. The van der Waals surface area contributed by atoms with Crippen molar-refractivity contribution in [3.8, 4) is 5.75 Å². The van der Waals surface area contributed by atoms with E-state index in [2.05, 4.69) is 15.6 Å². The van der Waals surface area contributed by atoms with Gasteiger partial charge in [0.05, 0.1) is 6.54 Å². The van der Waals surface area contributed by atoms with Gasteiger partial charge in [0.25, 0.3) is 0 Å². The van der Waals surface area contributed by atoms with Crippen molar-refractivity contribution >= 4 is 6.03 Å². The largest absolute Gasteiger partial charge is 0.489 e. The van der Waals surface area contributed by atoms with Crippen LogP contribution in [0.5, 0.6) is 5.75 Å². The first-order chi connectivity index (χ1) is 10.6. The van der Waals surface area contributed by atoms with Gasteiger partial charge in [0.2, 0.25) is 0 Å². The Morgan fingerprint density at radius 1 is 1.14 bits per heavy atom. The molecule has 1 heterocycles. The summed E-state index contributed by atoms with van der Waals surface area (Å²) in [7, 11) is 0. The highest BCUT2D eigenvalue weighted by molar-refractivity contribution is 5.73. The van der Waals surface area contributed by atoms with Crippen molar-refractivity contribution in [1.82, 2.24) is 15.6 Å². The predicted octanol–water partition coefficient (Wildman–Crippen LogP) is 2.24. The fraction of sp³-hybridized carbons (Fsp3) is 0.200. The molecule has 2 aromatic rings. The molecular weight excluding hydrogens is 292 g/mol. The van der Waals surface area contributed by atoms with Gasteiger partial charge in [-0.15, -0.1) is 0 Å². The number of carbonyl (C=O) groups excluding carboxylic acids is 1. The summed E-state index contributed by atoms with van der Waals surface area (Å²) < 4.78 is 31.1. The predicted molar refractivity (Wildman–Crippen MR) is 76.3 cm³/mol. The molecule has 2 amide bonds. The zero-order valence-corrected chi connectivity index (χ0v) is 11.7. The number of ether oxygens (including phenoxy) is 1. The summed E-state index contributed by atoms with van der Waals surface area (Å²) in [5.74, 6) is -1.50. The van der Waals surface area contributed by atoms with E-state index in [0.29, 0.717) is 6.54 Å². The molecule has 1 aromatic heterocycles. The smallest absolute Gasteiger partial charge is 0.315 e. The Balaban J connectivity index is 1.65. The van der Waals surface area contributed by atoms with Gasteiger partial charge in [-0.2, -0.15) is 0 Å². The second-order valence-corrected chi connectivity index (χ2v) is 4.39. The van der Waals surface area contributed by atoms with Crippen LogP contribution in [0.2, 0.25) is 0 Å². The molecule has 1 aromatic carbocycles. The molecule has 0 aliphatic heterocycles. The number of hydrogen-bond acceptors (Lipinski definition) is 3. The van der Waals surface area contributed by atoms with Crippen LogP contribution in [-0.4, -0.2) is 24.2 Å². The first-order valence-electron chi connectivity index (χ1n) is 6.63. The molecule has 0 spiro atoms. The third-order valence-corrected chi connectivity index (χ3v) is 2.74. The molecule has 0 saturated heterocycles. The van der Waals surface area contributed by atoms with E-state index in [0.717, 1.165) is 17.7 Å². The van der Waals surface area contributed by atoms with Gasteiger partial charge in [0.1, 0.15) is 12.4 Å². The first kappa shape index (κ1) is 15.7. The molecule has 0 atom stereocenters. The van der Waals surface area contributed by atoms with E-state index in [9.17, 15) is 13.6 Å². The minimum absolute atomic E-state index is 0.0552. The van der Waals surface area contributed by atoms with Crippen LogP contribution in [0.3, 0.4) is 0 Å². The van der Waals surface area contributed by atoms with Gasteiger partial charge in [-0.25, -0.2) is 13.6 Å². The van der Waals surface area contributed by atoms with Crippen molar-refractivity contribution in [3.05, 3.63) is 59.9 Å². The summed E-state index contributed by atoms with van der Waals surface area (Å²) in [6, 6.07) is 6.27. The van der Waals surface area contributed by atoms with E-state index >= 15 is 0 Å². The van der Waals surface area contributed by atoms with Gasteiger partial charge < -0.3 is 15.4 Å². The molecule has 22 heavy (non-hydrogen) atoms. The number of benzene rings is 1. The summed E-state index contributed by atoms with van der Waals surface area (Å²) >= 11 is 0. The number of nitrogens with zero attached hydrogens (tertiary/aromatic N) is 1. The Bertz CT molecular complexity index is 623. The van der Waals surface area contributed by atoms with Crippen molar-refractivity contribution in [2.24, 2.45) is 0 Å². The van der Waals surface area contributed by atoms with Crippen LogP contribution in [0.4, 0.5) is 13.6 Å². The average Bonchev–Trinajstić information content (AvgIpc) is 2.52. The molecule has 116 valence electrons. The number of urea groups is 1. The number of carbonyl (C=O) groups is 1. The highest BCUT2D eigenvalue weighted by atomic mass is 19.1. The molecule has 0 saturated carbocycles.